The Morgan fingerprint density at radius 3 is 2.75 bits per heavy atom. The Bertz CT molecular complexity index is 1050. The molecule has 4 nitrogen and oxygen atoms in total. The molecule has 2 aromatic heterocycles. The molecule has 0 spiro atoms. The van der Waals surface area contributed by atoms with E-state index in [-0.39, 0.29) is 0 Å². The molecule has 0 saturated carbocycles. The van der Waals surface area contributed by atoms with Crippen molar-refractivity contribution in [1.82, 2.24) is 15.2 Å². The number of pyridine rings is 1. The second-order valence-corrected chi connectivity index (χ2v) is 7.49. The van der Waals surface area contributed by atoms with Gasteiger partial charge in [0.25, 0.3) is 0 Å². The van der Waals surface area contributed by atoms with Gasteiger partial charge in [0, 0.05) is 29.4 Å². The Morgan fingerprint density at radius 2 is 1.96 bits per heavy atom. The van der Waals surface area contributed by atoms with E-state index in [2.05, 4.69) is 53.3 Å². The highest BCUT2D eigenvalue weighted by molar-refractivity contribution is 5.70. The lowest BCUT2D eigenvalue weighted by Gasteiger charge is -2.33. The first-order valence-corrected chi connectivity index (χ1v) is 9.61. The second kappa shape index (κ2) is 7.74. The van der Waals surface area contributed by atoms with Crippen molar-refractivity contribution < 1.29 is 0 Å². The van der Waals surface area contributed by atoms with Crippen LogP contribution in [0.25, 0.3) is 17.2 Å². The number of fused-ring (bicyclic) bond motifs is 1. The van der Waals surface area contributed by atoms with Gasteiger partial charge in [-0.25, -0.2) is 0 Å². The number of aromatic nitrogens is 3. The summed E-state index contributed by atoms with van der Waals surface area (Å²) in [5.74, 6) is 1.42. The van der Waals surface area contributed by atoms with E-state index in [1.54, 1.807) is 6.20 Å². The summed E-state index contributed by atoms with van der Waals surface area (Å²) in [5.41, 5.74) is 5.82. The summed E-state index contributed by atoms with van der Waals surface area (Å²) < 4.78 is 0. The lowest BCUT2D eigenvalue weighted by Crippen LogP contribution is -2.26. The summed E-state index contributed by atoms with van der Waals surface area (Å²) in [5, 5.41) is 17.7. The van der Waals surface area contributed by atoms with Crippen LogP contribution in [0.3, 0.4) is 0 Å². The number of rotatable bonds is 3. The molecule has 3 atom stereocenters. The molecule has 2 heterocycles. The molecule has 0 N–H and O–H groups in total. The Balaban J connectivity index is 1.60. The fourth-order valence-corrected chi connectivity index (χ4v) is 3.94. The van der Waals surface area contributed by atoms with Gasteiger partial charge in [-0.05, 0) is 48.1 Å². The van der Waals surface area contributed by atoms with Crippen molar-refractivity contribution in [1.29, 1.82) is 5.26 Å². The van der Waals surface area contributed by atoms with Crippen molar-refractivity contribution in [3.05, 3.63) is 83.4 Å². The maximum atomic E-state index is 9.30. The van der Waals surface area contributed by atoms with Crippen LogP contribution in [0.15, 0.2) is 60.9 Å². The van der Waals surface area contributed by atoms with Gasteiger partial charge in [0.2, 0.25) is 0 Å². The molecule has 0 radical (unpaired) electrons. The molecule has 0 bridgehead atoms. The summed E-state index contributed by atoms with van der Waals surface area (Å²) in [6, 6.07) is 16.0. The predicted octanol–water partition coefficient (Wildman–Crippen LogP) is 5.04. The SMILES string of the molecule is C[C@H]1[C@H](/C=C/c2ccc(-c3ccccc3C#N)cn2)c2ccnnc2C[C@@H]1C. The summed E-state index contributed by atoms with van der Waals surface area (Å²) >= 11 is 0. The van der Waals surface area contributed by atoms with Crippen LogP contribution in [-0.2, 0) is 6.42 Å². The third-order valence-electron chi connectivity index (χ3n) is 5.79. The average Bonchev–Trinajstić information content (AvgIpc) is 2.74. The van der Waals surface area contributed by atoms with Crippen LogP contribution in [0.1, 0.15) is 42.3 Å². The van der Waals surface area contributed by atoms with E-state index in [9.17, 15) is 5.26 Å². The molecule has 4 heteroatoms. The number of nitrogens with zero attached hydrogens (tertiary/aromatic N) is 4. The predicted molar refractivity (Wildman–Crippen MR) is 110 cm³/mol. The van der Waals surface area contributed by atoms with Crippen LogP contribution in [-0.4, -0.2) is 15.2 Å². The van der Waals surface area contributed by atoms with Crippen molar-refractivity contribution in [2.75, 3.05) is 0 Å². The fourth-order valence-electron chi connectivity index (χ4n) is 3.94. The fraction of sp³-hybridized carbons (Fsp3) is 0.250. The second-order valence-electron chi connectivity index (χ2n) is 7.49. The third kappa shape index (κ3) is 3.44. The van der Waals surface area contributed by atoms with Crippen LogP contribution in [0.5, 0.6) is 0 Å². The zero-order valence-corrected chi connectivity index (χ0v) is 16.1. The largest absolute Gasteiger partial charge is 0.256 e. The smallest absolute Gasteiger partial charge is 0.0998 e. The standard InChI is InChI=1S/C24H22N4/c1-16-13-24-23(11-12-27-28-24)21(17(16)2)10-9-20-8-7-19(15-26-20)22-6-4-3-5-18(22)14-25/h3-12,15-17,21H,13H2,1-2H3/b10-9+/t16-,17+,21-/m0/s1. The van der Waals surface area contributed by atoms with Crippen LogP contribution >= 0.6 is 0 Å². The van der Waals surface area contributed by atoms with Gasteiger partial charge in [-0.2, -0.15) is 15.5 Å². The molecule has 0 amide bonds. The monoisotopic (exact) mass is 366 g/mol. The molecule has 1 aliphatic carbocycles. The molecule has 0 unspecified atom stereocenters. The van der Waals surface area contributed by atoms with Gasteiger partial charge in [0.05, 0.1) is 23.0 Å². The minimum Gasteiger partial charge on any atom is -0.256 e. The van der Waals surface area contributed by atoms with Gasteiger partial charge < -0.3 is 0 Å². The van der Waals surface area contributed by atoms with Crippen molar-refractivity contribution in [3.8, 4) is 17.2 Å². The normalized spacial score (nSPS) is 21.2. The van der Waals surface area contributed by atoms with Crippen molar-refractivity contribution in [2.45, 2.75) is 26.2 Å². The van der Waals surface area contributed by atoms with E-state index in [0.29, 0.717) is 23.3 Å². The highest BCUT2D eigenvalue weighted by Crippen LogP contribution is 2.39. The molecule has 28 heavy (non-hydrogen) atoms. The first-order chi connectivity index (χ1) is 13.7. The maximum absolute atomic E-state index is 9.30. The molecule has 4 rings (SSSR count). The number of hydrogen-bond donors (Lipinski definition) is 0. The minimum atomic E-state index is 0.315. The number of nitriles is 1. The number of benzene rings is 1. The molecule has 0 fully saturated rings. The Morgan fingerprint density at radius 1 is 1.11 bits per heavy atom. The molecular weight excluding hydrogens is 344 g/mol. The zero-order chi connectivity index (χ0) is 19.5. The Hall–Kier alpha value is -3.32. The van der Waals surface area contributed by atoms with Crippen LogP contribution in [0, 0.1) is 23.2 Å². The topological polar surface area (TPSA) is 62.5 Å². The summed E-state index contributed by atoms with van der Waals surface area (Å²) in [7, 11) is 0. The van der Waals surface area contributed by atoms with E-state index in [0.717, 1.165) is 28.9 Å². The van der Waals surface area contributed by atoms with Crippen molar-refractivity contribution >= 4 is 6.08 Å². The number of allylic oxidation sites excluding steroid dienone is 1. The zero-order valence-electron chi connectivity index (χ0n) is 16.1. The molecule has 1 aliphatic rings. The first kappa shape index (κ1) is 18.1. The quantitative estimate of drug-likeness (QED) is 0.652. The van der Waals surface area contributed by atoms with Gasteiger partial charge in [-0.15, -0.1) is 0 Å². The van der Waals surface area contributed by atoms with Gasteiger partial charge in [-0.3, -0.25) is 4.98 Å². The minimum absolute atomic E-state index is 0.315. The van der Waals surface area contributed by atoms with E-state index >= 15 is 0 Å². The molecule has 138 valence electrons. The first-order valence-electron chi connectivity index (χ1n) is 9.61. The van der Waals surface area contributed by atoms with Gasteiger partial charge in [0.15, 0.2) is 0 Å². The molecule has 0 aliphatic heterocycles. The lowest BCUT2D eigenvalue weighted by atomic mass is 9.72. The van der Waals surface area contributed by atoms with E-state index in [4.69, 9.17) is 0 Å². The highest BCUT2D eigenvalue weighted by Gasteiger charge is 2.30. The van der Waals surface area contributed by atoms with Crippen LogP contribution in [0.2, 0.25) is 0 Å². The number of hydrogen-bond acceptors (Lipinski definition) is 4. The Labute approximate surface area is 165 Å². The third-order valence-corrected chi connectivity index (χ3v) is 5.79. The van der Waals surface area contributed by atoms with E-state index in [1.807, 2.05) is 42.6 Å². The van der Waals surface area contributed by atoms with Gasteiger partial charge >= 0.3 is 0 Å². The lowest BCUT2D eigenvalue weighted by molar-refractivity contribution is 0.326. The van der Waals surface area contributed by atoms with Crippen molar-refractivity contribution in [3.63, 3.8) is 0 Å². The molecule has 1 aromatic carbocycles. The highest BCUT2D eigenvalue weighted by atomic mass is 15.1. The summed E-state index contributed by atoms with van der Waals surface area (Å²) in [6.45, 7) is 4.58. The summed E-state index contributed by atoms with van der Waals surface area (Å²) in [6.07, 6.45) is 8.93. The van der Waals surface area contributed by atoms with Gasteiger partial charge in [-0.1, -0.05) is 44.2 Å². The molecule has 3 aromatic rings. The van der Waals surface area contributed by atoms with E-state index in [1.165, 1.54) is 5.56 Å². The van der Waals surface area contributed by atoms with Gasteiger partial charge in [0.1, 0.15) is 0 Å². The summed E-state index contributed by atoms with van der Waals surface area (Å²) in [4.78, 5) is 4.59. The maximum Gasteiger partial charge on any atom is 0.0998 e. The van der Waals surface area contributed by atoms with Crippen molar-refractivity contribution in [2.24, 2.45) is 11.8 Å². The van der Waals surface area contributed by atoms with E-state index < -0.39 is 0 Å². The molecule has 0 saturated heterocycles. The van der Waals surface area contributed by atoms with Crippen LogP contribution in [0.4, 0.5) is 0 Å². The average molecular weight is 366 g/mol. The molecular formula is C24H22N4. The van der Waals surface area contributed by atoms with Crippen LogP contribution < -0.4 is 0 Å². The Kier molecular flexibility index (Phi) is 4.99.